The zero-order valence-corrected chi connectivity index (χ0v) is 14.2. The molecular weight excluding hydrogens is 318 g/mol. The highest BCUT2D eigenvalue weighted by Gasteiger charge is 2.17. The lowest BCUT2D eigenvalue weighted by Crippen LogP contribution is -1.81. The van der Waals surface area contributed by atoms with Crippen molar-refractivity contribution in [3.63, 3.8) is 0 Å². The molecule has 0 saturated heterocycles. The van der Waals surface area contributed by atoms with E-state index in [2.05, 4.69) is 47.4 Å². The molecule has 0 bridgehead atoms. The zero-order chi connectivity index (χ0) is 17.3. The number of furan rings is 1. The molecule has 0 fully saturated rings. The van der Waals surface area contributed by atoms with E-state index < -0.39 is 0 Å². The summed E-state index contributed by atoms with van der Waals surface area (Å²) in [6, 6.07) is 28.8. The van der Waals surface area contributed by atoms with Gasteiger partial charge in [-0.3, -0.25) is 4.98 Å². The van der Waals surface area contributed by atoms with Crippen LogP contribution >= 0.6 is 0 Å². The first-order valence-electron chi connectivity index (χ1n) is 8.78. The van der Waals surface area contributed by atoms with Crippen LogP contribution in [0.2, 0.25) is 0 Å². The van der Waals surface area contributed by atoms with Crippen LogP contribution in [0.15, 0.2) is 95.5 Å². The van der Waals surface area contributed by atoms with E-state index >= 15 is 0 Å². The van der Waals surface area contributed by atoms with Crippen LogP contribution in [0.3, 0.4) is 0 Å². The number of hydrogen-bond acceptors (Lipinski definition) is 2. The SMILES string of the molecule is c1ccc2c(c1)Cc1cccnc1-2.c1ccc2c(c1)oc1ccccc12. The first-order valence-corrected chi connectivity index (χ1v) is 8.78. The number of aromatic nitrogens is 1. The number of benzene rings is 3. The van der Waals surface area contributed by atoms with Gasteiger partial charge in [0.1, 0.15) is 11.2 Å². The van der Waals surface area contributed by atoms with Gasteiger partial charge in [0, 0.05) is 29.0 Å². The van der Waals surface area contributed by atoms with Gasteiger partial charge in [0.2, 0.25) is 0 Å². The maximum absolute atomic E-state index is 5.65. The smallest absolute Gasteiger partial charge is 0.135 e. The lowest BCUT2D eigenvalue weighted by molar-refractivity contribution is 0.669. The van der Waals surface area contributed by atoms with Crippen molar-refractivity contribution >= 4 is 21.9 Å². The van der Waals surface area contributed by atoms with Crippen LogP contribution in [-0.4, -0.2) is 4.98 Å². The molecule has 1 aliphatic rings. The molecule has 2 heterocycles. The Bertz CT molecular complexity index is 1130. The standard InChI is InChI=1S/C12H9N.C12H8O/c1-2-6-11-9(4-1)8-10-5-3-7-13-12(10)11;1-3-7-11-9(5-1)10-6-2-4-8-12(10)13-11/h1-7H,8H2;1-8H. The summed E-state index contributed by atoms with van der Waals surface area (Å²) in [6.45, 7) is 0. The Balaban J connectivity index is 0.000000115. The molecule has 2 nitrogen and oxygen atoms in total. The Morgan fingerprint density at radius 3 is 2.00 bits per heavy atom. The fourth-order valence-corrected chi connectivity index (χ4v) is 3.61. The summed E-state index contributed by atoms with van der Waals surface area (Å²) in [5.41, 5.74) is 7.14. The largest absolute Gasteiger partial charge is 0.456 e. The van der Waals surface area contributed by atoms with Crippen molar-refractivity contribution in [1.29, 1.82) is 0 Å². The van der Waals surface area contributed by atoms with Gasteiger partial charge in [0.05, 0.1) is 5.69 Å². The first-order chi connectivity index (χ1) is 12.9. The Kier molecular flexibility index (Phi) is 3.53. The lowest BCUT2D eigenvalue weighted by atomic mass is 10.1. The van der Waals surface area contributed by atoms with Gasteiger partial charge in [-0.05, 0) is 29.3 Å². The molecule has 2 aromatic heterocycles. The van der Waals surface area contributed by atoms with Gasteiger partial charge in [-0.2, -0.15) is 0 Å². The minimum Gasteiger partial charge on any atom is -0.456 e. The van der Waals surface area contributed by atoms with E-state index in [9.17, 15) is 0 Å². The van der Waals surface area contributed by atoms with Gasteiger partial charge in [0.25, 0.3) is 0 Å². The van der Waals surface area contributed by atoms with E-state index in [0.29, 0.717) is 0 Å². The van der Waals surface area contributed by atoms with Crippen molar-refractivity contribution in [2.24, 2.45) is 0 Å². The van der Waals surface area contributed by atoms with Crippen molar-refractivity contribution in [3.8, 4) is 11.3 Å². The third-order valence-corrected chi connectivity index (χ3v) is 4.83. The van der Waals surface area contributed by atoms with Gasteiger partial charge in [0.15, 0.2) is 0 Å². The summed E-state index contributed by atoms with van der Waals surface area (Å²) in [7, 11) is 0. The zero-order valence-electron chi connectivity index (χ0n) is 14.2. The average Bonchev–Trinajstić information content (AvgIpc) is 3.27. The van der Waals surface area contributed by atoms with Crippen LogP contribution < -0.4 is 0 Å². The van der Waals surface area contributed by atoms with Gasteiger partial charge in [-0.25, -0.2) is 0 Å². The Labute approximate surface area is 151 Å². The van der Waals surface area contributed by atoms with Crippen LogP contribution in [0.1, 0.15) is 11.1 Å². The highest BCUT2D eigenvalue weighted by Crippen LogP contribution is 2.33. The van der Waals surface area contributed by atoms with Crippen molar-refractivity contribution in [3.05, 3.63) is 102 Å². The van der Waals surface area contributed by atoms with E-state index in [1.165, 1.54) is 27.5 Å². The second-order valence-corrected chi connectivity index (χ2v) is 6.44. The molecule has 3 aromatic carbocycles. The average molecular weight is 335 g/mol. The molecule has 0 spiro atoms. The highest BCUT2D eigenvalue weighted by atomic mass is 16.3. The normalized spacial score (nSPS) is 11.7. The number of pyridine rings is 1. The summed E-state index contributed by atoms with van der Waals surface area (Å²) in [5, 5.41) is 2.39. The number of fused-ring (bicyclic) bond motifs is 6. The Hall–Kier alpha value is -3.39. The topological polar surface area (TPSA) is 26.0 Å². The Morgan fingerprint density at radius 2 is 1.23 bits per heavy atom. The van der Waals surface area contributed by atoms with E-state index in [1.807, 2.05) is 48.7 Å². The molecule has 0 aliphatic heterocycles. The molecule has 1 aliphatic carbocycles. The van der Waals surface area contributed by atoms with Crippen LogP contribution in [0.5, 0.6) is 0 Å². The first kappa shape index (κ1) is 14.9. The predicted octanol–water partition coefficient (Wildman–Crippen LogP) is 6.24. The maximum Gasteiger partial charge on any atom is 0.135 e. The lowest BCUT2D eigenvalue weighted by Gasteiger charge is -1.96. The minimum atomic E-state index is 0.962. The van der Waals surface area contributed by atoms with E-state index in [0.717, 1.165) is 23.3 Å². The van der Waals surface area contributed by atoms with Gasteiger partial charge < -0.3 is 4.42 Å². The van der Waals surface area contributed by atoms with Gasteiger partial charge in [-0.1, -0.05) is 66.7 Å². The third kappa shape index (κ3) is 2.47. The van der Waals surface area contributed by atoms with Crippen LogP contribution in [-0.2, 0) is 6.42 Å². The molecule has 0 unspecified atom stereocenters. The second kappa shape index (κ2) is 6.16. The molecule has 5 aromatic rings. The van der Waals surface area contributed by atoms with Gasteiger partial charge in [-0.15, -0.1) is 0 Å². The van der Waals surface area contributed by atoms with E-state index in [1.54, 1.807) is 0 Å². The van der Waals surface area contributed by atoms with Crippen molar-refractivity contribution in [2.75, 3.05) is 0 Å². The van der Waals surface area contributed by atoms with Crippen LogP contribution in [0, 0.1) is 0 Å². The molecule has 6 rings (SSSR count). The van der Waals surface area contributed by atoms with Crippen molar-refractivity contribution in [2.45, 2.75) is 6.42 Å². The predicted molar refractivity (Wildman–Crippen MR) is 106 cm³/mol. The minimum absolute atomic E-state index is 0.962. The molecule has 2 heteroatoms. The summed E-state index contributed by atoms with van der Waals surface area (Å²) < 4.78 is 5.65. The molecule has 0 atom stereocenters. The van der Waals surface area contributed by atoms with E-state index in [-0.39, 0.29) is 0 Å². The monoisotopic (exact) mass is 335 g/mol. The summed E-state index contributed by atoms with van der Waals surface area (Å²) in [6.07, 6.45) is 2.90. The summed E-state index contributed by atoms with van der Waals surface area (Å²) in [4.78, 5) is 4.40. The molecular formula is C24H17NO. The quantitative estimate of drug-likeness (QED) is 0.328. The number of hydrogen-bond donors (Lipinski definition) is 0. The van der Waals surface area contributed by atoms with Crippen molar-refractivity contribution < 1.29 is 4.42 Å². The summed E-state index contributed by atoms with van der Waals surface area (Å²) in [5.74, 6) is 0. The molecule has 0 saturated carbocycles. The molecule has 124 valence electrons. The molecule has 0 amide bonds. The Morgan fingerprint density at radius 1 is 0.615 bits per heavy atom. The fraction of sp³-hybridized carbons (Fsp3) is 0.0417. The van der Waals surface area contributed by atoms with E-state index in [4.69, 9.17) is 4.42 Å². The molecule has 0 N–H and O–H groups in total. The number of rotatable bonds is 0. The highest BCUT2D eigenvalue weighted by molar-refractivity contribution is 6.04. The van der Waals surface area contributed by atoms with Crippen LogP contribution in [0.4, 0.5) is 0 Å². The third-order valence-electron chi connectivity index (χ3n) is 4.83. The second-order valence-electron chi connectivity index (χ2n) is 6.44. The number of para-hydroxylation sites is 2. The summed E-state index contributed by atoms with van der Waals surface area (Å²) >= 11 is 0. The van der Waals surface area contributed by atoms with Crippen LogP contribution in [0.25, 0.3) is 33.2 Å². The van der Waals surface area contributed by atoms with Gasteiger partial charge >= 0.3 is 0 Å². The molecule has 0 radical (unpaired) electrons. The maximum atomic E-state index is 5.65. The molecule has 26 heavy (non-hydrogen) atoms. The fourth-order valence-electron chi connectivity index (χ4n) is 3.61. The number of nitrogens with zero attached hydrogens (tertiary/aromatic N) is 1. The van der Waals surface area contributed by atoms with Crippen molar-refractivity contribution in [1.82, 2.24) is 4.98 Å².